The molecule has 0 fully saturated rings. The SMILES string of the molecule is O=C(Nc1cc2cc(c1)Nc1nc(ncc1Cl)Nc1cccc(c1)CC2)c1ccccn1.O=C(O)C(F)(F)F. The number of hydrogen-bond donors (Lipinski definition) is 4. The molecule has 1 amide bonds. The van der Waals surface area contributed by atoms with Crippen molar-refractivity contribution in [3.05, 3.63) is 94.9 Å². The summed E-state index contributed by atoms with van der Waals surface area (Å²) in [6.45, 7) is 0. The molecule has 5 rings (SSSR count). The van der Waals surface area contributed by atoms with Gasteiger partial charge in [0.05, 0.1) is 6.20 Å². The molecular formula is C26H20ClF3N6O3. The summed E-state index contributed by atoms with van der Waals surface area (Å²) in [5.74, 6) is -2.12. The number of nitrogens with one attached hydrogen (secondary N) is 3. The van der Waals surface area contributed by atoms with E-state index in [-0.39, 0.29) is 5.91 Å². The third-order valence-corrected chi connectivity index (χ3v) is 5.56. The average Bonchev–Trinajstić information content (AvgIpc) is 2.90. The summed E-state index contributed by atoms with van der Waals surface area (Å²) in [5, 5.41) is 16.9. The maximum Gasteiger partial charge on any atom is 0.490 e. The number of fused-ring (bicyclic) bond motifs is 6. The summed E-state index contributed by atoms with van der Waals surface area (Å²) in [6.07, 6.45) is -0.304. The highest BCUT2D eigenvalue weighted by atomic mass is 35.5. The van der Waals surface area contributed by atoms with Crippen molar-refractivity contribution in [1.29, 1.82) is 0 Å². The van der Waals surface area contributed by atoms with Gasteiger partial charge in [-0.2, -0.15) is 18.2 Å². The number of amides is 1. The topological polar surface area (TPSA) is 129 Å². The number of rotatable bonds is 2. The second-order valence-electron chi connectivity index (χ2n) is 8.23. The van der Waals surface area contributed by atoms with Crippen molar-refractivity contribution in [2.75, 3.05) is 16.0 Å². The van der Waals surface area contributed by atoms with E-state index < -0.39 is 12.1 Å². The highest BCUT2D eigenvalue weighted by molar-refractivity contribution is 6.32. The first-order chi connectivity index (χ1) is 18.6. The molecule has 1 aliphatic heterocycles. The van der Waals surface area contributed by atoms with Crippen LogP contribution >= 0.6 is 11.6 Å². The van der Waals surface area contributed by atoms with E-state index in [0.29, 0.717) is 28.2 Å². The molecule has 4 N–H and O–H groups in total. The molecule has 1 aliphatic rings. The predicted octanol–water partition coefficient (Wildman–Crippen LogP) is 6.00. The van der Waals surface area contributed by atoms with Gasteiger partial charge in [0.25, 0.3) is 5.91 Å². The van der Waals surface area contributed by atoms with Gasteiger partial charge in [-0.05, 0) is 66.4 Å². The summed E-state index contributed by atoms with van der Waals surface area (Å²) in [4.78, 5) is 34.4. The molecule has 13 heteroatoms. The number of carboxylic acids is 1. The fraction of sp³-hybridized carbons (Fsp3) is 0.115. The van der Waals surface area contributed by atoms with Crippen molar-refractivity contribution in [3.63, 3.8) is 0 Å². The third kappa shape index (κ3) is 7.65. The Balaban J connectivity index is 0.000000448. The third-order valence-electron chi connectivity index (χ3n) is 5.28. The Bertz CT molecular complexity index is 1500. The zero-order valence-corrected chi connectivity index (χ0v) is 20.7. The van der Waals surface area contributed by atoms with Crippen LogP contribution in [0.3, 0.4) is 0 Å². The molecule has 0 radical (unpaired) electrons. The lowest BCUT2D eigenvalue weighted by Gasteiger charge is -2.13. The summed E-state index contributed by atoms with van der Waals surface area (Å²) >= 11 is 6.34. The molecule has 4 aromatic rings. The maximum absolute atomic E-state index is 12.6. The second kappa shape index (κ2) is 11.8. The summed E-state index contributed by atoms with van der Waals surface area (Å²) in [5.41, 5.74) is 4.93. The van der Waals surface area contributed by atoms with Gasteiger partial charge < -0.3 is 21.1 Å². The van der Waals surface area contributed by atoms with Crippen molar-refractivity contribution < 1.29 is 27.9 Å². The minimum Gasteiger partial charge on any atom is -0.475 e. The van der Waals surface area contributed by atoms with Gasteiger partial charge in [-0.25, -0.2) is 9.78 Å². The van der Waals surface area contributed by atoms with E-state index in [1.165, 1.54) is 5.56 Å². The fourth-order valence-electron chi connectivity index (χ4n) is 3.55. The van der Waals surface area contributed by atoms with Gasteiger partial charge in [-0.1, -0.05) is 29.8 Å². The number of carbonyl (C=O) groups excluding carboxylic acids is 1. The monoisotopic (exact) mass is 556 g/mol. The van der Waals surface area contributed by atoms with Gasteiger partial charge >= 0.3 is 12.1 Å². The first-order valence-electron chi connectivity index (χ1n) is 11.4. The lowest BCUT2D eigenvalue weighted by molar-refractivity contribution is -0.192. The zero-order valence-electron chi connectivity index (χ0n) is 20.0. The molecule has 39 heavy (non-hydrogen) atoms. The van der Waals surface area contributed by atoms with Crippen LogP contribution in [-0.4, -0.2) is 38.1 Å². The predicted molar refractivity (Wildman–Crippen MR) is 140 cm³/mol. The molecule has 0 unspecified atom stereocenters. The number of aliphatic carboxylic acids is 1. The van der Waals surface area contributed by atoms with Crippen LogP contribution in [0.15, 0.2) is 73.1 Å². The summed E-state index contributed by atoms with van der Waals surface area (Å²) in [7, 11) is 0. The standard InChI is InChI=1S/C24H19ClN6O.C2HF3O2/c25-20-14-27-24-30-17-5-3-4-15(10-17)7-8-16-11-18(28-22(20)31-24)13-19(12-16)29-23(32)21-6-1-2-9-26-21;3-2(4,5)1(6)7/h1-6,9-14H,7-8H2,(H,29,32)(H2,27,28,30,31);(H,6,7). The first-order valence-corrected chi connectivity index (χ1v) is 11.8. The van der Waals surface area contributed by atoms with E-state index in [2.05, 4.69) is 43.0 Å². The molecule has 2 aromatic heterocycles. The number of carbonyl (C=O) groups is 2. The quantitative estimate of drug-likeness (QED) is 0.237. The Morgan fingerprint density at radius 1 is 0.923 bits per heavy atom. The minimum absolute atomic E-state index is 0.272. The molecule has 0 aliphatic carbocycles. The van der Waals surface area contributed by atoms with Crippen LogP contribution < -0.4 is 16.0 Å². The van der Waals surface area contributed by atoms with E-state index in [0.717, 1.165) is 29.8 Å². The lowest BCUT2D eigenvalue weighted by Crippen LogP contribution is -2.21. The van der Waals surface area contributed by atoms with Gasteiger partial charge in [0.1, 0.15) is 10.7 Å². The zero-order chi connectivity index (χ0) is 28.0. The molecule has 200 valence electrons. The molecule has 0 saturated heterocycles. The normalized spacial score (nSPS) is 12.1. The molecule has 0 spiro atoms. The average molecular weight is 557 g/mol. The van der Waals surface area contributed by atoms with E-state index in [1.807, 2.05) is 30.3 Å². The van der Waals surface area contributed by atoms with Crippen molar-refractivity contribution in [2.24, 2.45) is 0 Å². The van der Waals surface area contributed by atoms with Crippen LogP contribution in [0, 0.1) is 0 Å². The molecule has 9 nitrogen and oxygen atoms in total. The highest BCUT2D eigenvalue weighted by Crippen LogP contribution is 2.29. The van der Waals surface area contributed by atoms with Gasteiger partial charge in [0, 0.05) is 23.3 Å². The van der Waals surface area contributed by atoms with Crippen LogP contribution in [0.1, 0.15) is 21.6 Å². The Labute approximate surface area is 225 Å². The van der Waals surface area contributed by atoms with E-state index in [4.69, 9.17) is 21.5 Å². The lowest BCUT2D eigenvalue weighted by atomic mass is 10.0. The molecule has 2 aromatic carbocycles. The molecule has 0 saturated carbocycles. The van der Waals surface area contributed by atoms with Crippen molar-refractivity contribution in [3.8, 4) is 0 Å². The van der Waals surface area contributed by atoms with Crippen molar-refractivity contribution >= 4 is 52.3 Å². The number of benzene rings is 2. The minimum atomic E-state index is -5.08. The van der Waals surface area contributed by atoms with E-state index in [1.54, 1.807) is 30.6 Å². The smallest absolute Gasteiger partial charge is 0.475 e. The Hall–Kier alpha value is -4.71. The largest absolute Gasteiger partial charge is 0.490 e. The van der Waals surface area contributed by atoms with E-state index in [9.17, 15) is 18.0 Å². The number of nitrogens with zero attached hydrogens (tertiary/aromatic N) is 3. The Morgan fingerprint density at radius 2 is 1.67 bits per heavy atom. The molecule has 6 bridgehead atoms. The number of carboxylic acid groups (broad SMARTS) is 1. The molecule has 0 atom stereocenters. The van der Waals surface area contributed by atoms with Gasteiger partial charge in [0.15, 0.2) is 5.82 Å². The van der Waals surface area contributed by atoms with Gasteiger partial charge in [-0.3, -0.25) is 9.78 Å². The Kier molecular flexibility index (Phi) is 8.25. The number of aryl methyl sites for hydroxylation is 2. The maximum atomic E-state index is 12.6. The second-order valence-corrected chi connectivity index (χ2v) is 8.64. The Morgan fingerprint density at radius 3 is 2.38 bits per heavy atom. The first kappa shape index (κ1) is 27.3. The number of hydrogen-bond acceptors (Lipinski definition) is 7. The van der Waals surface area contributed by atoms with Gasteiger partial charge in [-0.15, -0.1) is 0 Å². The number of anilines is 5. The van der Waals surface area contributed by atoms with Crippen LogP contribution in [0.5, 0.6) is 0 Å². The number of alkyl halides is 3. The number of pyridine rings is 1. The van der Waals surface area contributed by atoms with Crippen LogP contribution in [0.25, 0.3) is 0 Å². The highest BCUT2D eigenvalue weighted by Gasteiger charge is 2.38. The van der Waals surface area contributed by atoms with E-state index >= 15 is 0 Å². The van der Waals surface area contributed by atoms with Crippen molar-refractivity contribution in [2.45, 2.75) is 19.0 Å². The van der Waals surface area contributed by atoms with Crippen LogP contribution in [0.4, 0.5) is 42.0 Å². The molecular weight excluding hydrogens is 537 g/mol. The summed E-state index contributed by atoms with van der Waals surface area (Å²) in [6, 6.07) is 19.2. The fourth-order valence-corrected chi connectivity index (χ4v) is 3.69. The van der Waals surface area contributed by atoms with Gasteiger partial charge in [0.2, 0.25) is 5.95 Å². The number of aromatic nitrogens is 3. The molecule has 3 heterocycles. The van der Waals surface area contributed by atoms with Crippen molar-refractivity contribution in [1.82, 2.24) is 15.0 Å². The summed E-state index contributed by atoms with van der Waals surface area (Å²) < 4.78 is 31.7. The van der Waals surface area contributed by atoms with Crippen LogP contribution in [-0.2, 0) is 17.6 Å². The van der Waals surface area contributed by atoms with Crippen LogP contribution in [0.2, 0.25) is 5.02 Å². The number of halogens is 4.